The first-order chi connectivity index (χ1) is 5.54. The summed E-state index contributed by atoms with van der Waals surface area (Å²) in [5.74, 6) is 5.21. The van der Waals surface area contributed by atoms with Crippen molar-refractivity contribution in [3.63, 3.8) is 0 Å². The molecule has 1 amide bonds. The first kappa shape index (κ1) is 11.4. The van der Waals surface area contributed by atoms with Gasteiger partial charge in [-0.2, -0.15) is 0 Å². The Kier molecular flexibility index (Phi) is 4.85. The lowest BCUT2D eigenvalue weighted by atomic mass is 9.88. The van der Waals surface area contributed by atoms with Crippen LogP contribution in [0.2, 0.25) is 0 Å². The van der Waals surface area contributed by atoms with Crippen LogP contribution in [0.25, 0.3) is 0 Å². The van der Waals surface area contributed by atoms with Gasteiger partial charge in [0.25, 0.3) is 0 Å². The summed E-state index contributed by atoms with van der Waals surface area (Å²) in [6.07, 6.45) is 0.745. The van der Waals surface area contributed by atoms with Crippen molar-refractivity contribution in [3.8, 4) is 0 Å². The van der Waals surface area contributed by atoms with Crippen molar-refractivity contribution in [2.75, 3.05) is 13.1 Å². The quantitative estimate of drug-likeness (QED) is 0.405. The predicted molar refractivity (Wildman–Crippen MR) is 49.3 cm³/mol. The van der Waals surface area contributed by atoms with Gasteiger partial charge in [-0.25, -0.2) is 0 Å². The van der Waals surface area contributed by atoms with E-state index in [1.807, 2.05) is 20.8 Å². The molecule has 0 spiro atoms. The van der Waals surface area contributed by atoms with Crippen LogP contribution in [0.15, 0.2) is 0 Å². The molecule has 4 N–H and O–H groups in total. The third-order valence-electron chi connectivity index (χ3n) is 1.85. The minimum Gasteiger partial charge on any atom is -0.356 e. The van der Waals surface area contributed by atoms with Crippen molar-refractivity contribution in [2.24, 2.45) is 11.3 Å². The second-order valence-electron chi connectivity index (χ2n) is 3.45. The highest BCUT2D eigenvalue weighted by molar-refractivity contribution is 5.81. The van der Waals surface area contributed by atoms with E-state index >= 15 is 0 Å². The summed E-state index contributed by atoms with van der Waals surface area (Å²) in [6, 6.07) is 0. The van der Waals surface area contributed by atoms with Gasteiger partial charge in [-0.3, -0.25) is 16.1 Å². The molecule has 0 saturated carbocycles. The summed E-state index contributed by atoms with van der Waals surface area (Å²) in [6.45, 7) is 7.07. The molecule has 0 aromatic heterocycles. The molecule has 0 saturated heterocycles. The second kappa shape index (κ2) is 5.11. The Bertz CT molecular complexity index is 145. The van der Waals surface area contributed by atoms with Crippen LogP contribution in [-0.4, -0.2) is 19.0 Å². The van der Waals surface area contributed by atoms with Crippen LogP contribution in [0.3, 0.4) is 0 Å². The Morgan fingerprint density at radius 1 is 1.50 bits per heavy atom. The van der Waals surface area contributed by atoms with Crippen LogP contribution in [0.5, 0.6) is 0 Å². The number of nitrogens with one attached hydrogen (secondary N) is 2. The normalized spacial score (nSPS) is 11.3. The number of rotatable bonds is 5. The number of carbonyl (C=O) groups is 1. The molecule has 0 aliphatic carbocycles. The van der Waals surface area contributed by atoms with Crippen molar-refractivity contribution in [3.05, 3.63) is 0 Å². The molecule has 0 aromatic rings. The number of carbonyl (C=O) groups excluding carboxylic acids is 1. The molecule has 0 bridgehead atoms. The van der Waals surface area contributed by atoms with E-state index in [1.165, 1.54) is 0 Å². The Balaban J connectivity index is 3.90. The highest BCUT2D eigenvalue weighted by Crippen LogP contribution is 2.19. The number of hydrazine groups is 1. The molecule has 0 radical (unpaired) electrons. The maximum absolute atomic E-state index is 11.4. The van der Waals surface area contributed by atoms with Crippen molar-refractivity contribution >= 4 is 5.91 Å². The molecule has 0 aliphatic rings. The van der Waals surface area contributed by atoms with Crippen LogP contribution in [0.1, 0.15) is 27.2 Å². The summed E-state index contributed by atoms with van der Waals surface area (Å²) in [5, 5.41) is 2.79. The largest absolute Gasteiger partial charge is 0.356 e. The molecule has 0 unspecified atom stereocenters. The monoisotopic (exact) mass is 173 g/mol. The Morgan fingerprint density at radius 2 is 2.08 bits per heavy atom. The average molecular weight is 173 g/mol. The lowest BCUT2D eigenvalue weighted by molar-refractivity contribution is -0.129. The summed E-state index contributed by atoms with van der Waals surface area (Å²) in [4.78, 5) is 11.4. The number of amides is 1. The van der Waals surface area contributed by atoms with E-state index in [0.29, 0.717) is 13.1 Å². The van der Waals surface area contributed by atoms with Gasteiger partial charge in [-0.05, 0) is 13.3 Å². The molecule has 0 aliphatic heterocycles. The van der Waals surface area contributed by atoms with E-state index in [0.717, 1.165) is 6.42 Å². The Morgan fingerprint density at radius 3 is 2.50 bits per heavy atom. The van der Waals surface area contributed by atoms with Gasteiger partial charge in [0.05, 0.1) is 0 Å². The van der Waals surface area contributed by atoms with E-state index in [2.05, 4.69) is 10.7 Å². The van der Waals surface area contributed by atoms with E-state index in [9.17, 15) is 4.79 Å². The molecule has 0 heterocycles. The molecule has 0 fully saturated rings. The number of hydrogen-bond acceptors (Lipinski definition) is 3. The maximum Gasteiger partial charge on any atom is 0.225 e. The smallest absolute Gasteiger partial charge is 0.225 e. The van der Waals surface area contributed by atoms with E-state index in [4.69, 9.17) is 5.84 Å². The zero-order chi connectivity index (χ0) is 9.61. The van der Waals surface area contributed by atoms with Crippen LogP contribution >= 0.6 is 0 Å². The van der Waals surface area contributed by atoms with Crippen LogP contribution < -0.4 is 16.6 Å². The topological polar surface area (TPSA) is 67.2 Å². The lowest BCUT2D eigenvalue weighted by Crippen LogP contribution is -2.39. The van der Waals surface area contributed by atoms with Gasteiger partial charge < -0.3 is 5.32 Å². The third-order valence-corrected chi connectivity index (χ3v) is 1.85. The van der Waals surface area contributed by atoms with E-state index < -0.39 is 0 Å². The first-order valence-corrected chi connectivity index (χ1v) is 4.26. The van der Waals surface area contributed by atoms with Gasteiger partial charge in [0.1, 0.15) is 0 Å². The number of hydrogen-bond donors (Lipinski definition) is 3. The zero-order valence-electron chi connectivity index (χ0n) is 8.11. The Hall–Kier alpha value is -0.610. The van der Waals surface area contributed by atoms with Crippen molar-refractivity contribution < 1.29 is 4.79 Å². The van der Waals surface area contributed by atoms with Crippen molar-refractivity contribution in [1.82, 2.24) is 10.7 Å². The van der Waals surface area contributed by atoms with Crippen LogP contribution in [0, 0.1) is 5.41 Å². The SMILES string of the molecule is CCNC(=O)C(C)(C)CCNN. The molecular formula is C8H19N3O. The van der Waals surface area contributed by atoms with E-state index in [-0.39, 0.29) is 11.3 Å². The minimum atomic E-state index is -0.331. The summed E-state index contributed by atoms with van der Waals surface area (Å²) in [5.41, 5.74) is 2.21. The molecular weight excluding hydrogens is 154 g/mol. The van der Waals surface area contributed by atoms with Gasteiger partial charge >= 0.3 is 0 Å². The highest BCUT2D eigenvalue weighted by atomic mass is 16.2. The predicted octanol–water partition coefficient (Wildman–Crippen LogP) is 0.00210. The first-order valence-electron chi connectivity index (χ1n) is 4.26. The van der Waals surface area contributed by atoms with Crippen LogP contribution in [0.4, 0.5) is 0 Å². The summed E-state index contributed by atoms with van der Waals surface area (Å²) in [7, 11) is 0. The standard InChI is InChI=1S/C8H19N3O/c1-4-10-7(12)8(2,3)5-6-11-9/h11H,4-6,9H2,1-3H3,(H,10,12). The fraction of sp³-hybridized carbons (Fsp3) is 0.875. The third kappa shape index (κ3) is 3.69. The molecule has 12 heavy (non-hydrogen) atoms. The lowest BCUT2D eigenvalue weighted by Gasteiger charge is -2.22. The number of nitrogens with two attached hydrogens (primary N) is 1. The second-order valence-corrected chi connectivity index (χ2v) is 3.45. The van der Waals surface area contributed by atoms with Crippen LogP contribution in [-0.2, 0) is 4.79 Å². The van der Waals surface area contributed by atoms with Gasteiger partial charge in [0, 0.05) is 18.5 Å². The molecule has 4 heteroatoms. The summed E-state index contributed by atoms with van der Waals surface area (Å²) >= 11 is 0. The molecule has 0 atom stereocenters. The molecule has 0 aromatic carbocycles. The zero-order valence-corrected chi connectivity index (χ0v) is 8.11. The highest BCUT2D eigenvalue weighted by Gasteiger charge is 2.25. The molecule has 72 valence electrons. The van der Waals surface area contributed by atoms with Gasteiger partial charge in [-0.1, -0.05) is 13.8 Å². The fourth-order valence-corrected chi connectivity index (χ4v) is 0.898. The van der Waals surface area contributed by atoms with E-state index in [1.54, 1.807) is 0 Å². The molecule has 4 nitrogen and oxygen atoms in total. The molecule has 0 rings (SSSR count). The summed E-state index contributed by atoms with van der Waals surface area (Å²) < 4.78 is 0. The maximum atomic E-state index is 11.4. The van der Waals surface area contributed by atoms with Crippen molar-refractivity contribution in [2.45, 2.75) is 27.2 Å². The Labute approximate surface area is 73.9 Å². The van der Waals surface area contributed by atoms with Gasteiger partial charge in [0.2, 0.25) is 5.91 Å². The minimum absolute atomic E-state index is 0.0836. The average Bonchev–Trinajstić information content (AvgIpc) is 2.01. The van der Waals surface area contributed by atoms with Crippen molar-refractivity contribution in [1.29, 1.82) is 0 Å². The van der Waals surface area contributed by atoms with Gasteiger partial charge in [0.15, 0.2) is 0 Å². The fourth-order valence-electron chi connectivity index (χ4n) is 0.898. The van der Waals surface area contributed by atoms with Gasteiger partial charge in [-0.15, -0.1) is 0 Å².